The zero-order valence-corrected chi connectivity index (χ0v) is 18.2. The summed E-state index contributed by atoms with van der Waals surface area (Å²) in [6, 6.07) is 3.89. The van der Waals surface area contributed by atoms with Crippen LogP contribution in [0.2, 0.25) is 0 Å². The average Bonchev–Trinajstić information content (AvgIpc) is 3.10. The van der Waals surface area contributed by atoms with Crippen LogP contribution in [0.4, 0.5) is 16.4 Å². The first-order chi connectivity index (χ1) is 15.4. The molecule has 2 aliphatic rings. The number of anilines is 2. The molecule has 0 unspecified atom stereocenters. The van der Waals surface area contributed by atoms with Crippen LogP contribution in [-0.4, -0.2) is 42.5 Å². The number of nitrogens with zero attached hydrogens (tertiary/aromatic N) is 2. The van der Waals surface area contributed by atoms with E-state index in [9.17, 15) is 24.5 Å². The Balaban J connectivity index is 1.56. The quantitative estimate of drug-likeness (QED) is 0.302. The lowest BCUT2D eigenvalue weighted by atomic mass is 9.95. The molecule has 1 aliphatic heterocycles. The minimum Gasteiger partial charge on any atom is -0.462 e. The van der Waals surface area contributed by atoms with Gasteiger partial charge in [-0.3, -0.25) is 14.9 Å². The van der Waals surface area contributed by atoms with Gasteiger partial charge in [-0.1, -0.05) is 0 Å². The number of hydrogen-bond acceptors (Lipinski definition) is 9. The van der Waals surface area contributed by atoms with Crippen molar-refractivity contribution in [3.63, 3.8) is 0 Å². The summed E-state index contributed by atoms with van der Waals surface area (Å²) in [6.45, 7) is 1.59. The van der Waals surface area contributed by atoms with E-state index in [1.165, 1.54) is 28.4 Å². The number of benzene rings is 1. The summed E-state index contributed by atoms with van der Waals surface area (Å²) in [6.07, 6.45) is 3.62. The summed E-state index contributed by atoms with van der Waals surface area (Å²) >= 11 is 1.38. The van der Waals surface area contributed by atoms with Gasteiger partial charge in [0.15, 0.2) is 5.75 Å². The Hall–Kier alpha value is -3.47. The molecule has 0 spiro atoms. The van der Waals surface area contributed by atoms with Crippen molar-refractivity contribution in [1.29, 1.82) is 0 Å². The minimum absolute atomic E-state index is 0.0297. The van der Waals surface area contributed by atoms with Crippen LogP contribution >= 0.6 is 11.3 Å². The number of rotatable bonds is 6. The number of ether oxygens (including phenoxy) is 2. The number of nitrogens with one attached hydrogen (secondary N) is 1. The normalized spacial score (nSPS) is 14.8. The van der Waals surface area contributed by atoms with Gasteiger partial charge in [-0.25, -0.2) is 9.59 Å². The lowest BCUT2D eigenvalue weighted by Gasteiger charge is -2.28. The van der Waals surface area contributed by atoms with Crippen LogP contribution < -0.4 is 15.0 Å². The highest BCUT2D eigenvalue weighted by Gasteiger charge is 2.30. The van der Waals surface area contributed by atoms with Gasteiger partial charge in [0.2, 0.25) is 5.91 Å². The third-order valence-electron chi connectivity index (χ3n) is 5.28. The summed E-state index contributed by atoms with van der Waals surface area (Å²) in [5, 5.41) is 14.3. The molecule has 0 atom stereocenters. The van der Waals surface area contributed by atoms with E-state index in [2.05, 4.69) is 5.32 Å². The molecule has 1 N–H and O–H groups in total. The standard InChI is InChI=1S/C21H21N3O7S/c1-2-30-21(27)19-13-5-3-4-6-16(13)32-20(19)22-17(25)10-23-11-18(26)31-15-9-12(24(28)29)7-8-14(15)23/h7-9H,2-6,10-11H2,1H3,(H,22,25). The third kappa shape index (κ3) is 4.28. The molecule has 0 fully saturated rings. The van der Waals surface area contributed by atoms with Gasteiger partial charge in [0, 0.05) is 10.9 Å². The van der Waals surface area contributed by atoms with Crippen LogP contribution in [-0.2, 0) is 27.2 Å². The van der Waals surface area contributed by atoms with E-state index in [4.69, 9.17) is 9.47 Å². The monoisotopic (exact) mass is 459 g/mol. The fourth-order valence-electron chi connectivity index (χ4n) is 3.91. The van der Waals surface area contributed by atoms with Crippen LogP contribution in [0.5, 0.6) is 5.75 Å². The Morgan fingerprint density at radius 3 is 2.84 bits per heavy atom. The molecule has 0 bridgehead atoms. The van der Waals surface area contributed by atoms with Gasteiger partial charge in [-0.2, -0.15) is 0 Å². The number of nitro benzene ring substituents is 1. The van der Waals surface area contributed by atoms with Crippen LogP contribution in [0.15, 0.2) is 18.2 Å². The highest BCUT2D eigenvalue weighted by molar-refractivity contribution is 7.17. The number of amides is 1. The van der Waals surface area contributed by atoms with E-state index in [1.54, 1.807) is 6.92 Å². The highest BCUT2D eigenvalue weighted by Crippen LogP contribution is 2.39. The number of carbonyl (C=O) groups excluding carboxylic acids is 3. The molecular formula is C21H21N3O7S. The van der Waals surface area contributed by atoms with E-state index in [0.717, 1.165) is 42.2 Å². The Morgan fingerprint density at radius 1 is 1.31 bits per heavy atom. The molecule has 11 heteroatoms. The minimum atomic E-state index is -0.621. The Kier molecular flexibility index (Phi) is 6.08. The van der Waals surface area contributed by atoms with Crippen LogP contribution in [0, 0.1) is 10.1 Å². The van der Waals surface area contributed by atoms with E-state index in [-0.39, 0.29) is 31.1 Å². The van der Waals surface area contributed by atoms with Gasteiger partial charge in [0.1, 0.15) is 11.5 Å². The molecular weight excluding hydrogens is 438 g/mol. The van der Waals surface area contributed by atoms with Crippen molar-refractivity contribution in [2.45, 2.75) is 32.6 Å². The van der Waals surface area contributed by atoms with Crippen molar-refractivity contribution in [3.8, 4) is 5.75 Å². The van der Waals surface area contributed by atoms with E-state index in [0.29, 0.717) is 16.3 Å². The number of fused-ring (bicyclic) bond motifs is 2. The first-order valence-electron chi connectivity index (χ1n) is 10.2. The average molecular weight is 459 g/mol. The third-order valence-corrected chi connectivity index (χ3v) is 6.48. The molecule has 1 aliphatic carbocycles. The molecule has 2 aromatic rings. The number of carbonyl (C=O) groups is 3. The molecule has 1 aromatic heterocycles. The maximum atomic E-state index is 12.9. The van der Waals surface area contributed by atoms with Crippen LogP contribution in [0.3, 0.4) is 0 Å². The lowest BCUT2D eigenvalue weighted by Crippen LogP contribution is -2.41. The Bertz CT molecular complexity index is 1110. The number of non-ortho nitro benzene ring substituents is 1. The topological polar surface area (TPSA) is 128 Å². The molecule has 32 heavy (non-hydrogen) atoms. The van der Waals surface area contributed by atoms with Crippen molar-refractivity contribution < 1.29 is 28.8 Å². The molecule has 4 rings (SSSR count). The second-order valence-corrected chi connectivity index (χ2v) is 8.53. The second kappa shape index (κ2) is 8.95. The van der Waals surface area contributed by atoms with Crippen LogP contribution in [0.1, 0.15) is 40.6 Å². The van der Waals surface area contributed by atoms with Crippen molar-refractivity contribution in [2.24, 2.45) is 0 Å². The zero-order chi connectivity index (χ0) is 22.8. The predicted molar refractivity (Wildman–Crippen MR) is 116 cm³/mol. The van der Waals surface area contributed by atoms with Crippen LogP contribution in [0.25, 0.3) is 0 Å². The Morgan fingerprint density at radius 2 is 2.09 bits per heavy atom. The summed E-state index contributed by atoms with van der Waals surface area (Å²) in [7, 11) is 0. The molecule has 0 radical (unpaired) electrons. The maximum Gasteiger partial charge on any atom is 0.341 e. The smallest absolute Gasteiger partial charge is 0.341 e. The van der Waals surface area contributed by atoms with Gasteiger partial charge >= 0.3 is 11.9 Å². The van der Waals surface area contributed by atoms with Gasteiger partial charge in [0.05, 0.1) is 35.4 Å². The van der Waals surface area contributed by atoms with Crippen molar-refractivity contribution in [3.05, 3.63) is 44.3 Å². The van der Waals surface area contributed by atoms with Gasteiger partial charge in [-0.15, -0.1) is 11.3 Å². The van der Waals surface area contributed by atoms with E-state index in [1.807, 2.05) is 0 Å². The first-order valence-corrected chi connectivity index (χ1v) is 11.0. The lowest BCUT2D eigenvalue weighted by molar-refractivity contribution is -0.384. The maximum absolute atomic E-state index is 12.9. The first kappa shape index (κ1) is 21.8. The molecule has 1 aromatic carbocycles. The number of thiophene rings is 1. The summed E-state index contributed by atoms with van der Waals surface area (Å²) in [5.74, 6) is -1.47. The summed E-state index contributed by atoms with van der Waals surface area (Å²) < 4.78 is 10.3. The molecule has 2 heterocycles. The summed E-state index contributed by atoms with van der Waals surface area (Å²) in [5.41, 5.74) is 1.54. The molecule has 1 amide bonds. The van der Waals surface area contributed by atoms with Gasteiger partial charge in [0.25, 0.3) is 5.69 Å². The van der Waals surface area contributed by atoms with Gasteiger partial charge in [-0.05, 0) is 44.2 Å². The number of esters is 2. The zero-order valence-electron chi connectivity index (χ0n) is 17.3. The molecule has 0 saturated heterocycles. The number of aryl methyl sites for hydroxylation is 1. The highest BCUT2D eigenvalue weighted by atomic mass is 32.1. The number of nitro groups is 1. The second-order valence-electron chi connectivity index (χ2n) is 7.42. The fourth-order valence-corrected chi connectivity index (χ4v) is 5.20. The largest absolute Gasteiger partial charge is 0.462 e. The fraction of sp³-hybridized carbons (Fsp3) is 0.381. The summed E-state index contributed by atoms with van der Waals surface area (Å²) in [4.78, 5) is 50.4. The SMILES string of the molecule is CCOC(=O)c1c(NC(=O)CN2CC(=O)Oc3cc([N+](=O)[O-])ccc32)sc2c1CCCC2. The molecule has 0 saturated carbocycles. The molecule has 168 valence electrons. The van der Waals surface area contributed by atoms with E-state index < -0.39 is 22.8 Å². The van der Waals surface area contributed by atoms with Crippen molar-refractivity contribution >= 4 is 45.6 Å². The predicted octanol–water partition coefficient (Wildman–Crippen LogP) is 3.08. The van der Waals surface area contributed by atoms with Gasteiger partial charge < -0.3 is 19.7 Å². The molecule has 10 nitrogen and oxygen atoms in total. The van der Waals surface area contributed by atoms with E-state index >= 15 is 0 Å². The number of hydrogen-bond donors (Lipinski definition) is 1. The Labute approximate surface area is 187 Å². The van der Waals surface area contributed by atoms with Crippen molar-refractivity contribution in [1.82, 2.24) is 0 Å². The van der Waals surface area contributed by atoms with Crippen molar-refractivity contribution in [2.75, 3.05) is 29.9 Å².